The number of hydrogen-bond donors (Lipinski definition) is 0. The fourth-order valence-electron chi connectivity index (χ4n) is 3.14. The lowest BCUT2D eigenvalue weighted by Crippen LogP contribution is -1.94. The SMILES string of the molecule is c1ccc2nc3cccc(-n4cnc5ccccc54)c3cc2c1. The van der Waals surface area contributed by atoms with Crippen LogP contribution in [0.2, 0.25) is 0 Å². The molecule has 108 valence electrons. The molecule has 5 rings (SSSR count). The zero-order valence-corrected chi connectivity index (χ0v) is 12.3. The Kier molecular flexibility index (Phi) is 2.50. The van der Waals surface area contributed by atoms with Gasteiger partial charge in [-0.25, -0.2) is 9.97 Å². The summed E-state index contributed by atoms with van der Waals surface area (Å²) >= 11 is 0. The standard InChI is InChI=1S/C20H13N3/c1-2-7-16-14(6-1)12-15-17(22-16)9-5-11-19(15)23-13-21-18-8-3-4-10-20(18)23/h1-13H. The number of nitrogens with zero attached hydrogens (tertiary/aromatic N) is 3. The average Bonchev–Trinajstić information content (AvgIpc) is 3.03. The number of para-hydroxylation sites is 3. The fourth-order valence-corrected chi connectivity index (χ4v) is 3.14. The highest BCUT2D eigenvalue weighted by Gasteiger charge is 2.09. The first-order valence-corrected chi connectivity index (χ1v) is 7.61. The molecule has 0 aliphatic rings. The highest BCUT2D eigenvalue weighted by molar-refractivity contribution is 5.97. The molecular weight excluding hydrogens is 282 g/mol. The van der Waals surface area contributed by atoms with Crippen LogP contribution in [0.5, 0.6) is 0 Å². The van der Waals surface area contributed by atoms with Crippen molar-refractivity contribution in [3.8, 4) is 5.69 Å². The monoisotopic (exact) mass is 295 g/mol. The smallest absolute Gasteiger partial charge is 0.100 e. The van der Waals surface area contributed by atoms with Crippen molar-refractivity contribution in [3.63, 3.8) is 0 Å². The molecule has 0 unspecified atom stereocenters. The first kappa shape index (κ1) is 12.4. The molecule has 0 aliphatic heterocycles. The number of fused-ring (bicyclic) bond motifs is 3. The molecule has 2 aromatic heterocycles. The van der Waals surface area contributed by atoms with Crippen LogP contribution in [-0.4, -0.2) is 14.5 Å². The molecule has 23 heavy (non-hydrogen) atoms. The Morgan fingerprint density at radius 2 is 1.48 bits per heavy atom. The molecule has 0 bridgehead atoms. The van der Waals surface area contributed by atoms with Gasteiger partial charge in [0.1, 0.15) is 6.33 Å². The van der Waals surface area contributed by atoms with E-state index in [9.17, 15) is 0 Å². The van der Waals surface area contributed by atoms with Gasteiger partial charge in [-0.15, -0.1) is 0 Å². The van der Waals surface area contributed by atoms with Crippen molar-refractivity contribution in [2.75, 3.05) is 0 Å². The van der Waals surface area contributed by atoms with Gasteiger partial charge >= 0.3 is 0 Å². The van der Waals surface area contributed by atoms with Crippen LogP contribution in [0.25, 0.3) is 38.5 Å². The molecule has 0 saturated heterocycles. The third-order valence-corrected chi connectivity index (χ3v) is 4.25. The molecule has 0 fully saturated rings. The van der Waals surface area contributed by atoms with Crippen LogP contribution in [0.4, 0.5) is 0 Å². The molecule has 0 N–H and O–H groups in total. The van der Waals surface area contributed by atoms with Gasteiger partial charge in [0.25, 0.3) is 0 Å². The molecule has 5 aromatic rings. The lowest BCUT2D eigenvalue weighted by molar-refractivity contribution is 1.10. The largest absolute Gasteiger partial charge is 0.298 e. The van der Waals surface area contributed by atoms with Crippen LogP contribution < -0.4 is 0 Å². The summed E-state index contributed by atoms with van der Waals surface area (Å²) in [6.07, 6.45) is 1.88. The number of benzene rings is 3. The molecule has 0 atom stereocenters. The quantitative estimate of drug-likeness (QED) is 0.419. The molecule has 3 nitrogen and oxygen atoms in total. The van der Waals surface area contributed by atoms with Gasteiger partial charge in [-0.1, -0.05) is 36.4 Å². The number of pyridine rings is 1. The van der Waals surface area contributed by atoms with Gasteiger partial charge in [0.15, 0.2) is 0 Å². The summed E-state index contributed by atoms with van der Waals surface area (Å²) in [6.45, 7) is 0. The minimum absolute atomic E-state index is 0.998. The normalized spacial score (nSPS) is 11.5. The van der Waals surface area contributed by atoms with E-state index in [0.29, 0.717) is 0 Å². The molecule has 0 spiro atoms. The first-order valence-electron chi connectivity index (χ1n) is 7.61. The van der Waals surface area contributed by atoms with Gasteiger partial charge in [0, 0.05) is 10.8 Å². The lowest BCUT2D eigenvalue weighted by atomic mass is 10.1. The Morgan fingerprint density at radius 1 is 0.696 bits per heavy atom. The Bertz CT molecular complexity index is 1170. The second-order valence-corrected chi connectivity index (χ2v) is 5.63. The Labute approximate surface area is 132 Å². The molecular formula is C20H13N3. The van der Waals surface area contributed by atoms with Crippen molar-refractivity contribution in [1.82, 2.24) is 14.5 Å². The third-order valence-electron chi connectivity index (χ3n) is 4.25. The van der Waals surface area contributed by atoms with Crippen molar-refractivity contribution in [3.05, 3.63) is 79.1 Å². The van der Waals surface area contributed by atoms with Crippen LogP contribution in [-0.2, 0) is 0 Å². The molecule has 0 radical (unpaired) electrons. The van der Waals surface area contributed by atoms with Crippen LogP contribution >= 0.6 is 0 Å². The Balaban J connectivity index is 1.89. The van der Waals surface area contributed by atoms with E-state index >= 15 is 0 Å². The van der Waals surface area contributed by atoms with Crippen LogP contribution in [0.3, 0.4) is 0 Å². The molecule has 0 saturated carbocycles. The van der Waals surface area contributed by atoms with Crippen molar-refractivity contribution in [2.45, 2.75) is 0 Å². The van der Waals surface area contributed by atoms with Gasteiger partial charge in [-0.05, 0) is 36.4 Å². The predicted octanol–water partition coefficient (Wildman–Crippen LogP) is 4.73. The highest BCUT2D eigenvalue weighted by Crippen LogP contribution is 2.27. The summed E-state index contributed by atoms with van der Waals surface area (Å²) in [4.78, 5) is 9.30. The summed E-state index contributed by atoms with van der Waals surface area (Å²) < 4.78 is 2.13. The van der Waals surface area contributed by atoms with E-state index in [2.05, 4.69) is 39.9 Å². The number of hydrogen-bond acceptors (Lipinski definition) is 2. The molecule has 0 amide bonds. The zero-order valence-electron chi connectivity index (χ0n) is 12.3. The minimum Gasteiger partial charge on any atom is -0.298 e. The van der Waals surface area contributed by atoms with E-state index in [-0.39, 0.29) is 0 Å². The fraction of sp³-hybridized carbons (Fsp3) is 0. The van der Waals surface area contributed by atoms with Gasteiger partial charge in [0.05, 0.1) is 27.8 Å². The van der Waals surface area contributed by atoms with Gasteiger partial charge in [0.2, 0.25) is 0 Å². The Hall–Kier alpha value is -3.20. The van der Waals surface area contributed by atoms with Gasteiger partial charge in [-0.3, -0.25) is 4.57 Å². The van der Waals surface area contributed by atoms with Gasteiger partial charge in [-0.2, -0.15) is 0 Å². The van der Waals surface area contributed by atoms with E-state index < -0.39 is 0 Å². The second kappa shape index (κ2) is 4.65. The summed E-state index contributed by atoms with van der Waals surface area (Å²) in [5.74, 6) is 0. The number of rotatable bonds is 1. The van der Waals surface area contributed by atoms with E-state index in [0.717, 1.165) is 38.5 Å². The van der Waals surface area contributed by atoms with Crippen LogP contribution in [0.1, 0.15) is 0 Å². The minimum atomic E-state index is 0.998. The van der Waals surface area contributed by atoms with Crippen molar-refractivity contribution in [2.24, 2.45) is 0 Å². The van der Waals surface area contributed by atoms with E-state index in [1.165, 1.54) is 0 Å². The summed E-state index contributed by atoms with van der Waals surface area (Å²) in [7, 11) is 0. The number of aromatic nitrogens is 3. The maximum Gasteiger partial charge on any atom is 0.100 e. The maximum atomic E-state index is 4.79. The van der Waals surface area contributed by atoms with E-state index in [1.807, 2.05) is 48.8 Å². The molecule has 3 aromatic carbocycles. The molecule has 2 heterocycles. The predicted molar refractivity (Wildman–Crippen MR) is 93.9 cm³/mol. The second-order valence-electron chi connectivity index (χ2n) is 5.63. The molecule has 0 aliphatic carbocycles. The van der Waals surface area contributed by atoms with Crippen molar-refractivity contribution < 1.29 is 0 Å². The third kappa shape index (κ3) is 1.83. The average molecular weight is 295 g/mol. The summed E-state index contributed by atoms with van der Waals surface area (Å²) in [5.41, 5.74) is 5.23. The first-order chi connectivity index (χ1) is 11.4. The Morgan fingerprint density at radius 3 is 2.43 bits per heavy atom. The van der Waals surface area contributed by atoms with Crippen LogP contribution in [0.15, 0.2) is 79.1 Å². The maximum absolute atomic E-state index is 4.79. The van der Waals surface area contributed by atoms with E-state index in [1.54, 1.807) is 0 Å². The molecule has 3 heteroatoms. The summed E-state index contributed by atoms with van der Waals surface area (Å²) in [5, 5.41) is 2.28. The highest BCUT2D eigenvalue weighted by atomic mass is 15.0. The van der Waals surface area contributed by atoms with Crippen LogP contribution in [0, 0.1) is 0 Å². The van der Waals surface area contributed by atoms with Crippen molar-refractivity contribution >= 4 is 32.8 Å². The zero-order chi connectivity index (χ0) is 15.2. The topological polar surface area (TPSA) is 30.7 Å². The lowest BCUT2D eigenvalue weighted by Gasteiger charge is -2.09. The summed E-state index contributed by atoms with van der Waals surface area (Å²) in [6, 6.07) is 24.8. The van der Waals surface area contributed by atoms with Crippen molar-refractivity contribution in [1.29, 1.82) is 0 Å². The number of imidazole rings is 1. The van der Waals surface area contributed by atoms with Gasteiger partial charge < -0.3 is 0 Å². The van der Waals surface area contributed by atoms with E-state index in [4.69, 9.17) is 4.98 Å².